The number of fused-ring (bicyclic) bond motifs is 10. The second-order valence-corrected chi connectivity index (χ2v) is 28.8. The Kier molecular flexibility index (Phi) is 17.3. The summed E-state index contributed by atoms with van der Waals surface area (Å²) in [6.45, 7) is 0. The van der Waals surface area contributed by atoms with Gasteiger partial charge in [0.05, 0.1) is 89.7 Å². The number of benzene rings is 12. The summed E-state index contributed by atoms with van der Waals surface area (Å²) in [5, 5.41) is 8.61. The minimum Gasteiger partial charge on any atom is -0.254 e. The summed E-state index contributed by atoms with van der Waals surface area (Å²) >= 11 is 0. The molecule has 12 aromatic carbocycles. The Hall–Kier alpha value is -15.9. The van der Waals surface area contributed by atoms with Crippen LogP contribution in [0.25, 0.3) is 222 Å². The van der Waals surface area contributed by atoms with Crippen molar-refractivity contribution in [3.05, 3.63) is 389 Å². The molecule has 22 aromatic rings. The average Bonchev–Trinajstić information content (AvgIpc) is 0.774. The highest BCUT2D eigenvalue weighted by Gasteiger charge is 2.19. The van der Waals surface area contributed by atoms with Crippen molar-refractivity contribution in [1.82, 2.24) is 59.8 Å². The van der Waals surface area contributed by atoms with E-state index in [9.17, 15) is 0 Å². The zero-order chi connectivity index (χ0) is 76.8. The first-order valence-corrected chi connectivity index (χ1v) is 38.5. The number of hydrogen-bond donors (Lipinski definition) is 0. The third-order valence-electron chi connectivity index (χ3n) is 21.5. The van der Waals surface area contributed by atoms with E-state index in [4.69, 9.17) is 49.8 Å². The molecule has 12 nitrogen and oxygen atoms in total. The molecular weight excluding hydrogens is 1420 g/mol. The third-order valence-corrected chi connectivity index (χ3v) is 21.5. The van der Waals surface area contributed by atoms with E-state index in [0.717, 1.165) is 211 Å². The van der Waals surface area contributed by atoms with Crippen molar-refractivity contribution >= 4 is 87.2 Å². The molecule has 0 aliphatic carbocycles. The maximum absolute atomic E-state index is 5.17. The monoisotopic (exact) mass is 1480 g/mol. The Bertz CT molecular complexity index is 7420. The fourth-order valence-corrected chi connectivity index (χ4v) is 15.6. The van der Waals surface area contributed by atoms with Crippen molar-refractivity contribution < 1.29 is 0 Å². The SMILES string of the molecule is c1ccc(-c2cc(-c3ccc4ccc(-c5ccc6ccc(-c7ccc(-c8cc9cccnc9c9ncccc89)cc7)nc6c5)cc4n3)nc(-c3ccccc3)n2)cc1.c1ccc(-c2cc(-c3ccc4ccc(-c5ccc6ccc(-c7ccc(-c8ccnc9c8ccc8cccnc89)cc7)nc6c5)cc4n3)nc(-c3ccccc3)n2)cc1. The van der Waals surface area contributed by atoms with Gasteiger partial charge < -0.3 is 0 Å². The highest BCUT2D eigenvalue weighted by Crippen LogP contribution is 2.39. The number of hydrogen-bond acceptors (Lipinski definition) is 12. The lowest BCUT2D eigenvalue weighted by atomic mass is 9.96. The van der Waals surface area contributed by atoms with Crippen molar-refractivity contribution in [2.45, 2.75) is 0 Å². The van der Waals surface area contributed by atoms with E-state index in [1.165, 1.54) is 0 Å². The number of aromatic nitrogens is 12. The highest BCUT2D eigenvalue weighted by atomic mass is 14.9. The van der Waals surface area contributed by atoms with Crippen molar-refractivity contribution in [2.24, 2.45) is 0 Å². The number of rotatable bonds is 12. The van der Waals surface area contributed by atoms with Crippen molar-refractivity contribution in [2.75, 3.05) is 0 Å². The minimum absolute atomic E-state index is 0.667. The molecule has 0 N–H and O–H groups in total. The van der Waals surface area contributed by atoms with E-state index in [1.807, 2.05) is 164 Å². The van der Waals surface area contributed by atoms with Gasteiger partial charge in [0.15, 0.2) is 11.6 Å². The molecule has 22 rings (SSSR count). The molecule has 12 heteroatoms. The summed E-state index contributed by atoms with van der Waals surface area (Å²) in [5.74, 6) is 1.33. The second-order valence-electron chi connectivity index (χ2n) is 28.8. The number of pyridine rings is 8. The minimum atomic E-state index is 0.667. The van der Waals surface area contributed by atoms with Crippen LogP contribution in [0.5, 0.6) is 0 Å². The molecule has 0 amide bonds. The predicted molar refractivity (Wildman–Crippen MR) is 472 cm³/mol. The lowest BCUT2D eigenvalue weighted by Crippen LogP contribution is -1.97. The van der Waals surface area contributed by atoms with Crippen LogP contribution in [0, 0.1) is 0 Å². The van der Waals surface area contributed by atoms with Crippen LogP contribution in [-0.2, 0) is 0 Å². The van der Waals surface area contributed by atoms with Gasteiger partial charge in [-0.1, -0.05) is 273 Å². The second kappa shape index (κ2) is 29.4. The molecule has 10 aromatic heterocycles. The van der Waals surface area contributed by atoms with Gasteiger partial charge in [-0.3, -0.25) is 19.9 Å². The van der Waals surface area contributed by atoms with E-state index < -0.39 is 0 Å². The maximum atomic E-state index is 5.17. The normalized spacial score (nSPS) is 11.4. The lowest BCUT2D eigenvalue weighted by Gasteiger charge is -2.11. The van der Waals surface area contributed by atoms with Crippen LogP contribution in [0.2, 0.25) is 0 Å². The Labute approximate surface area is 666 Å². The van der Waals surface area contributed by atoms with Gasteiger partial charge in [0.25, 0.3) is 0 Å². The van der Waals surface area contributed by atoms with Gasteiger partial charge in [-0.25, -0.2) is 39.9 Å². The van der Waals surface area contributed by atoms with Crippen LogP contribution in [0.15, 0.2) is 389 Å². The van der Waals surface area contributed by atoms with E-state index in [1.54, 1.807) is 0 Å². The van der Waals surface area contributed by atoms with Crippen LogP contribution in [0.1, 0.15) is 0 Å². The largest absolute Gasteiger partial charge is 0.254 e. The van der Waals surface area contributed by atoms with Gasteiger partial charge in [0.1, 0.15) is 0 Å². The van der Waals surface area contributed by atoms with Gasteiger partial charge in [0, 0.05) is 101 Å². The summed E-state index contributed by atoms with van der Waals surface area (Å²) in [7, 11) is 0. The summed E-state index contributed by atoms with van der Waals surface area (Å²) in [6, 6.07) is 125. The molecule has 0 saturated carbocycles. The van der Waals surface area contributed by atoms with Crippen LogP contribution in [0.4, 0.5) is 0 Å². The molecule has 0 spiro atoms. The van der Waals surface area contributed by atoms with Crippen LogP contribution in [-0.4, -0.2) is 59.8 Å². The predicted octanol–water partition coefficient (Wildman–Crippen LogP) is 25.3. The van der Waals surface area contributed by atoms with Crippen LogP contribution in [0.3, 0.4) is 0 Å². The van der Waals surface area contributed by atoms with Gasteiger partial charge in [-0.05, 0) is 136 Å². The fraction of sp³-hybridized carbons (Fsp3) is 0. The van der Waals surface area contributed by atoms with Crippen molar-refractivity contribution in [3.8, 4) is 135 Å². The zero-order valence-electron chi connectivity index (χ0n) is 62.3. The van der Waals surface area contributed by atoms with Gasteiger partial charge in [0.2, 0.25) is 0 Å². The molecule has 0 aliphatic heterocycles. The topological polar surface area (TPSA) is 155 Å². The van der Waals surface area contributed by atoms with Gasteiger partial charge in [-0.15, -0.1) is 0 Å². The molecule has 0 atom stereocenters. The standard InChI is InChI=1S/2C52H32N6/c1-3-9-34(10-4-1)48-32-49(58-52(57-48)38-11-5-2-6-12-38)45-26-24-37-20-22-40(31-47(37)56-45)39-21-19-36-23-25-44(55-46(36)30-39)35-17-15-33(16-18-35)43-29-41-13-7-27-53-50(41)51-42(43)14-8-28-54-51;1-3-8-34(9-4-1)48-32-49(58-52(57-48)39-10-5-2-6-11-39)45-26-23-37-18-20-41(31-47(37)56-45)40-19-17-36-22-25-44(55-46(36)30-40)35-15-13-33(14-16-35)42-27-29-54-51-43(42)24-21-38-12-7-28-53-50(38)51/h2*1-32H. The summed E-state index contributed by atoms with van der Waals surface area (Å²) in [5.41, 5.74) is 28.9. The Morgan fingerprint density at radius 3 is 0.922 bits per heavy atom. The number of nitrogens with zero attached hydrogens (tertiary/aromatic N) is 12. The van der Waals surface area contributed by atoms with Crippen LogP contribution >= 0.6 is 0 Å². The third kappa shape index (κ3) is 13.3. The highest BCUT2D eigenvalue weighted by molar-refractivity contribution is 6.11. The van der Waals surface area contributed by atoms with E-state index in [0.29, 0.717) is 11.6 Å². The Morgan fingerprint density at radius 2 is 0.466 bits per heavy atom. The summed E-state index contributed by atoms with van der Waals surface area (Å²) < 4.78 is 0. The molecule has 116 heavy (non-hydrogen) atoms. The molecule has 0 radical (unpaired) electrons. The van der Waals surface area contributed by atoms with E-state index >= 15 is 0 Å². The first kappa shape index (κ1) is 68.1. The molecule has 0 unspecified atom stereocenters. The lowest BCUT2D eigenvalue weighted by molar-refractivity contribution is 1.17. The smallest absolute Gasteiger partial charge is 0.160 e. The molecule has 10 heterocycles. The quantitative estimate of drug-likeness (QED) is 0.107. The molecule has 0 fully saturated rings. The van der Waals surface area contributed by atoms with Gasteiger partial charge >= 0.3 is 0 Å². The first-order valence-electron chi connectivity index (χ1n) is 38.5. The summed E-state index contributed by atoms with van der Waals surface area (Å²) in [6.07, 6.45) is 7.35. The van der Waals surface area contributed by atoms with Crippen molar-refractivity contribution in [3.63, 3.8) is 0 Å². The molecule has 0 bridgehead atoms. The Morgan fingerprint density at radius 1 is 0.147 bits per heavy atom. The van der Waals surface area contributed by atoms with E-state index in [2.05, 4.69) is 234 Å². The Balaban J connectivity index is 0.000000145. The zero-order valence-corrected chi connectivity index (χ0v) is 62.3. The van der Waals surface area contributed by atoms with Gasteiger partial charge in [-0.2, -0.15) is 0 Å². The maximum Gasteiger partial charge on any atom is 0.160 e. The van der Waals surface area contributed by atoms with E-state index in [-0.39, 0.29) is 0 Å². The molecule has 540 valence electrons. The van der Waals surface area contributed by atoms with Crippen molar-refractivity contribution in [1.29, 1.82) is 0 Å². The average molecular weight is 1480 g/mol. The van der Waals surface area contributed by atoms with Crippen LogP contribution < -0.4 is 0 Å². The molecule has 0 saturated heterocycles. The fourth-order valence-electron chi connectivity index (χ4n) is 15.6. The summed E-state index contributed by atoms with van der Waals surface area (Å²) in [4.78, 5) is 59.2. The first-order chi connectivity index (χ1) is 57.4. The molecular formula is C104H64N12. The molecule has 0 aliphatic rings.